The van der Waals surface area contributed by atoms with Crippen LogP contribution in [0.3, 0.4) is 0 Å². The predicted octanol–water partition coefficient (Wildman–Crippen LogP) is 4.88. The molecule has 2 atom stereocenters. The topological polar surface area (TPSA) is 20.3 Å². The molecule has 0 spiro atoms. The summed E-state index contributed by atoms with van der Waals surface area (Å²) in [7, 11) is 2.16. The van der Waals surface area contributed by atoms with E-state index in [1.165, 1.54) is 22.4 Å². The smallest absolute Gasteiger partial charge is 0.168 e. The molecule has 26 heavy (non-hydrogen) atoms. The number of likely N-dealkylation sites (N-methyl/N-ethyl adjacent to an activating group) is 1. The molecule has 0 radical (unpaired) electrons. The molecule has 1 heterocycles. The van der Waals surface area contributed by atoms with E-state index in [2.05, 4.69) is 74.3 Å². The summed E-state index contributed by atoms with van der Waals surface area (Å²) < 4.78 is 0. The van der Waals surface area contributed by atoms with Crippen molar-refractivity contribution in [3.05, 3.63) is 89.1 Å². The molecule has 0 unspecified atom stereocenters. The molecule has 1 aliphatic heterocycles. The van der Waals surface area contributed by atoms with Gasteiger partial charge in [-0.3, -0.25) is 4.79 Å². The van der Waals surface area contributed by atoms with Crippen molar-refractivity contribution >= 4 is 11.4 Å². The first-order chi connectivity index (χ1) is 12.5. The van der Waals surface area contributed by atoms with Crippen molar-refractivity contribution in [1.29, 1.82) is 0 Å². The minimum Gasteiger partial charge on any atom is -0.373 e. The molecule has 0 bridgehead atoms. The SMILES string of the molecule is CC1=CC(=O)[C@@]2(C)C(c3ccccc3)=C(Cc3ccccc3)N(C)[C@@H]2C1. The van der Waals surface area contributed by atoms with Gasteiger partial charge in [-0.05, 0) is 43.0 Å². The highest BCUT2D eigenvalue weighted by molar-refractivity contribution is 6.07. The van der Waals surface area contributed by atoms with Crippen LogP contribution in [-0.2, 0) is 11.2 Å². The Morgan fingerprint density at radius 2 is 1.65 bits per heavy atom. The van der Waals surface area contributed by atoms with Crippen LogP contribution in [0.2, 0.25) is 0 Å². The van der Waals surface area contributed by atoms with E-state index in [0.29, 0.717) is 0 Å². The molecule has 1 aliphatic carbocycles. The molecule has 132 valence electrons. The van der Waals surface area contributed by atoms with Crippen LogP contribution in [-0.4, -0.2) is 23.8 Å². The van der Waals surface area contributed by atoms with Gasteiger partial charge in [0.15, 0.2) is 5.78 Å². The van der Waals surface area contributed by atoms with E-state index in [-0.39, 0.29) is 11.8 Å². The normalized spacial score (nSPS) is 25.3. The summed E-state index contributed by atoms with van der Waals surface area (Å²) in [6.45, 7) is 4.21. The van der Waals surface area contributed by atoms with Crippen LogP contribution in [0.5, 0.6) is 0 Å². The summed E-state index contributed by atoms with van der Waals surface area (Å²) in [5.74, 6) is 0.236. The summed E-state index contributed by atoms with van der Waals surface area (Å²) in [5, 5.41) is 0. The molecule has 0 fully saturated rings. The molecule has 0 aromatic heterocycles. The summed E-state index contributed by atoms with van der Waals surface area (Å²) in [6.07, 6.45) is 3.64. The van der Waals surface area contributed by atoms with Gasteiger partial charge in [0.2, 0.25) is 0 Å². The molecule has 2 aliphatic rings. The number of rotatable bonds is 3. The fourth-order valence-corrected chi connectivity index (χ4v) is 4.66. The van der Waals surface area contributed by atoms with Gasteiger partial charge in [0.25, 0.3) is 0 Å². The molecule has 0 amide bonds. The fraction of sp³-hybridized carbons (Fsp3) is 0.292. The number of nitrogens with zero attached hydrogens (tertiary/aromatic N) is 1. The van der Waals surface area contributed by atoms with Gasteiger partial charge in [-0.25, -0.2) is 0 Å². The third kappa shape index (κ3) is 2.52. The summed E-state index contributed by atoms with van der Waals surface area (Å²) in [6, 6.07) is 21.2. The molecule has 2 aromatic carbocycles. The van der Waals surface area contributed by atoms with Crippen LogP contribution >= 0.6 is 0 Å². The van der Waals surface area contributed by atoms with E-state index in [4.69, 9.17) is 0 Å². The first-order valence-corrected chi connectivity index (χ1v) is 9.29. The number of hydrogen-bond donors (Lipinski definition) is 0. The molecular formula is C24H25NO. The lowest BCUT2D eigenvalue weighted by molar-refractivity contribution is -0.122. The zero-order valence-corrected chi connectivity index (χ0v) is 15.7. The van der Waals surface area contributed by atoms with Gasteiger partial charge in [0, 0.05) is 25.2 Å². The van der Waals surface area contributed by atoms with Gasteiger partial charge < -0.3 is 4.90 Å². The minimum atomic E-state index is -0.486. The maximum atomic E-state index is 13.2. The molecule has 0 saturated heterocycles. The van der Waals surface area contributed by atoms with Crippen molar-refractivity contribution < 1.29 is 4.79 Å². The average molecular weight is 343 g/mol. The highest BCUT2D eigenvalue weighted by Crippen LogP contribution is 2.53. The third-order valence-corrected chi connectivity index (χ3v) is 6.05. The van der Waals surface area contributed by atoms with Crippen LogP contribution in [0, 0.1) is 5.41 Å². The highest BCUT2D eigenvalue weighted by Gasteiger charge is 2.53. The Kier molecular flexibility index (Phi) is 4.07. The maximum Gasteiger partial charge on any atom is 0.168 e. The van der Waals surface area contributed by atoms with Gasteiger partial charge in [-0.1, -0.05) is 66.2 Å². The lowest BCUT2D eigenvalue weighted by Crippen LogP contribution is -2.45. The molecule has 4 rings (SSSR count). The number of fused-ring (bicyclic) bond motifs is 1. The number of benzene rings is 2. The second-order valence-corrected chi connectivity index (χ2v) is 7.74. The lowest BCUT2D eigenvalue weighted by Gasteiger charge is -2.38. The van der Waals surface area contributed by atoms with Crippen LogP contribution in [0.1, 0.15) is 31.4 Å². The zero-order valence-electron chi connectivity index (χ0n) is 15.7. The lowest BCUT2D eigenvalue weighted by atomic mass is 9.67. The first-order valence-electron chi connectivity index (χ1n) is 9.29. The van der Waals surface area contributed by atoms with Crippen molar-refractivity contribution in [3.63, 3.8) is 0 Å². The third-order valence-electron chi connectivity index (χ3n) is 6.05. The Morgan fingerprint density at radius 1 is 1.04 bits per heavy atom. The Balaban J connectivity index is 1.90. The molecule has 2 nitrogen and oxygen atoms in total. The molecule has 0 N–H and O–H groups in total. The van der Waals surface area contributed by atoms with E-state index in [1.807, 2.05) is 18.2 Å². The van der Waals surface area contributed by atoms with Crippen molar-refractivity contribution in [3.8, 4) is 0 Å². The second kappa shape index (κ2) is 6.28. The fourth-order valence-electron chi connectivity index (χ4n) is 4.66. The van der Waals surface area contributed by atoms with Crippen molar-refractivity contribution in [1.82, 2.24) is 4.90 Å². The number of carbonyl (C=O) groups is 1. The van der Waals surface area contributed by atoms with Gasteiger partial charge in [-0.2, -0.15) is 0 Å². The van der Waals surface area contributed by atoms with Gasteiger partial charge in [0.05, 0.1) is 5.41 Å². The Morgan fingerprint density at radius 3 is 2.31 bits per heavy atom. The number of hydrogen-bond acceptors (Lipinski definition) is 2. The number of allylic oxidation sites excluding steroid dienone is 2. The van der Waals surface area contributed by atoms with Crippen molar-refractivity contribution in [2.75, 3.05) is 7.05 Å². The number of ketones is 1. The molecular weight excluding hydrogens is 318 g/mol. The van der Waals surface area contributed by atoms with Crippen LogP contribution in [0.25, 0.3) is 5.57 Å². The maximum absolute atomic E-state index is 13.2. The van der Waals surface area contributed by atoms with E-state index in [9.17, 15) is 4.79 Å². The highest BCUT2D eigenvalue weighted by atomic mass is 16.1. The Hall–Kier alpha value is -2.61. The average Bonchev–Trinajstić information content (AvgIpc) is 2.86. The largest absolute Gasteiger partial charge is 0.373 e. The Labute approximate surface area is 155 Å². The predicted molar refractivity (Wildman–Crippen MR) is 107 cm³/mol. The van der Waals surface area contributed by atoms with E-state index in [0.717, 1.165) is 18.4 Å². The van der Waals surface area contributed by atoms with E-state index in [1.54, 1.807) is 0 Å². The molecule has 2 heteroatoms. The monoisotopic (exact) mass is 343 g/mol. The first kappa shape index (κ1) is 16.8. The van der Waals surface area contributed by atoms with Gasteiger partial charge in [-0.15, -0.1) is 0 Å². The van der Waals surface area contributed by atoms with Gasteiger partial charge in [0.1, 0.15) is 0 Å². The quantitative estimate of drug-likeness (QED) is 0.792. The zero-order chi connectivity index (χ0) is 18.3. The van der Waals surface area contributed by atoms with Crippen molar-refractivity contribution in [2.45, 2.75) is 32.7 Å². The summed E-state index contributed by atoms with van der Waals surface area (Å²) >= 11 is 0. The van der Waals surface area contributed by atoms with E-state index >= 15 is 0 Å². The standard InChI is InChI=1S/C24H25NO/c1-17-14-21-24(2,22(26)15-17)23(19-12-8-5-9-13-19)20(25(21)3)16-18-10-6-4-7-11-18/h4-13,15,21H,14,16H2,1-3H3/t21-,24+/m1/s1. The van der Waals surface area contributed by atoms with Gasteiger partial charge >= 0.3 is 0 Å². The van der Waals surface area contributed by atoms with Crippen LogP contribution < -0.4 is 0 Å². The minimum absolute atomic E-state index is 0.189. The molecule has 0 saturated carbocycles. The summed E-state index contributed by atoms with van der Waals surface area (Å²) in [5.41, 5.74) is 5.60. The number of carbonyl (C=O) groups excluding carboxylic acids is 1. The van der Waals surface area contributed by atoms with Crippen molar-refractivity contribution in [2.24, 2.45) is 5.41 Å². The summed E-state index contributed by atoms with van der Waals surface area (Å²) in [4.78, 5) is 15.6. The molecule has 2 aromatic rings. The van der Waals surface area contributed by atoms with E-state index < -0.39 is 5.41 Å². The van der Waals surface area contributed by atoms with Crippen LogP contribution in [0.15, 0.2) is 78.0 Å². The van der Waals surface area contributed by atoms with Crippen LogP contribution in [0.4, 0.5) is 0 Å². The second-order valence-electron chi connectivity index (χ2n) is 7.74. The Bertz CT molecular complexity index is 894.